The first-order valence-electron chi connectivity index (χ1n) is 10.1. The van der Waals surface area contributed by atoms with E-state index in [1.54, 1.807) is 79.7 Å². The van der Waals surface area contributed by atoms with E-state index in [1.807, 2.05) is 0 Å². The number of fused-ring (bicyclic) bond motifs is 1. The molecule has 4 rings (SSSR count). The summed E-state index contributed by atoms with van der Waals surface area (Å²) in [7, 11) is 3.47. The first-order chi connectivity index (χ1) is 16.0. The van der Waals surface area contributed by atoms with E-state index in [0.29, 0.717) is 22.0 Å². The van der Waals surface area contributed by atoms with E-state index >= 15 is 0 Å². The van der Waals surface area contributed by atoms with Crippen LogP contribution in [0.15, 0.2) is 66.7 Å². The van der Waals surface area contributed by atoms with Gasteiger partial charge in [0, 0.05) is 36.4 Å². The van der Waals surface area contributed by atoms with Crippen LogP contribution in [0.3, 0.4) is 0 Å². The summed E-state index contributed by atoms with van der Waals surface area (Å²) < 4.78 is 41.2. The van der Waals surface area contributed by atoms with Crippen molar-refractivity contribution in [3.05, 3.63) is 88.7 Å². The lowest BCUT2D eigenvalue weighted by Gasteiger charge is -2.14. The monoisotopic (exact) mass is 485 g/mol. The predicted octanol–water partition coefficient (Wildman–Crippen LogP) is 5.84. The van der Waals surface area contributed by atoms with Crippen molar-refractivity contribution in [2.75, 3.05) is 19.4 Å². The lowest BCUT2D eigenvalue weighted by molar-refractivity contribution is -0.141. The quantitative estimate of drug-likeness (QED) is 0.282. The third kappa shape index (κ3) is 4.74. The van der Waals surface area contributed by atoms with Gasteiger partial charge in [-0.15, -0.1) is 0 Å². The molecule has 0 saturated heterocycles. The summed E-state index contributed by atoms with van der Waals surface area (Å²) in [6, 6.07) is 17.2. The van der Waals surface area contributed by atoms with Gasteiger partial charge in [0.05, 0.1) is 5.69 Å². The second-order valence-corrected chi connectivity index (χ2v) is 8.21. The summed E-state index contributed by atoms with van der Waals surface area (Å²) in [6.07, 6.45) is -4.72. The zero-order chi connectivity index (χ0) is 24.6. The molecular weight excluding hydrogens is 467 g/mol. The minimum Gasteiger partial charge on any atom is -0.363 e. The number of amidine groups is 1. The number of hydrogen-bond acceptors (Lipinski definition) is 3. The zero-order valence-electron chi connectivity index (χ0n) is 18.1. The van der Waals surface area contributed by atoms with Crippen LogP contribution in [0.1, 0.15) is 21.7 Å². The van der Waals surface area contributed by atoms with Crippen molar-refractivity contribution in [3.8, 4) is 5.69 Å². The van der Waals surface area contributed by atoms with Crippen LogP contribution in [0.2, 0.25) is 5.02 Å². The summed E-state index contributed by atoms with van der Waals surface area (Å²) in [5.74, 6) is -0.474. The van der Waals surface area contributed by atoms with Gasteiger partial charge in [-0.2, -0.15) is 18.3 Å². The molecule has 0 unspecified atom stereocenters. The van der Waals surface area contributed by atoms with Gasteiger partial charge in [0.15, 0.2) is 5.69 Å². The molecule has 0 saturated carbocycles. The van der Waals surface area contributed by atoms with Gasteiger partial charge >= 0.3 is 6.18 Å². The Morgan fingerprint density at radius 1 is 1.00 bits per heavy atom. The van der Waals surface area contributed by atoms with Crippen LogP contribution in [0.25, 0.3) is 16.5 Å². The third-order valence-corrected chi connectivity index (χ3v) is 5.36. The average Bonchev–Trinajstić information content (AvgIpc) is 3.25. The first kappa shape index (κ1) is 23.3. The van der Waals surface area contributed by atoms with Gasteiger partial charge in [0.2, 0.25) is 0 Å². The molecular formula is C24H19ClF3N5O. The van der Waals surface area contributed by atoms with E-state index in [9.17, 15) is 18.0 Å². The van der Waals surface area contributed by atoms with E-state index in [4.69, 9.17) is 17.0 Å². The molecule has 0 aliphatic rings. The van der Waals surface area contributed by atoms with Gasteiger partial charge in [0.25, 0.3) is 5.91 Å². The fraction of sp³-hybridized carbons (Fsp3) is 0.125. The SMILES string of the molecule is CN(C)C(=N)c1ccc(NC(=O)c2cc(C(F)(F)F)nn2-c2ccc3cc(Cl)ccc3c2)cc1. The minimum absolute atomic E-state index is 0.272. The van der Waals surface area contributed by atoms with Crippen LogP contribution in [0, 0.1) is 5.41 Å². The van der Waals surface area contributed by atoms with Crippen molar-refractivity contribution in [1.82, 2.24) is 14.7 Å². The molecule has 0 radical (unpaired) electrons. The van der Waals surface area contributed by atoms with Crippen molar-refractivity contribution < 1.29 is 18.0 Å². The Labute approximate surface area is 198 Å². The van der Waals surface area contributed by atoms with Gasteiger partial charge in [-0.1, -0.05) is 23.7 Å². The summed E-state index contributed by atoms with van der Waals surface area (Å²) in [5.41, 5.74) is -0.155. The Morgan fingerprint density at radius 2 is 1.65 bits per heavy atom. The minimum atomic E-state index is -4.72. The third-order valence-electron chi connectivity index (χ3n) is 5.13. The molecule has 2 N–H and O–H groups in total. The highest BCUT2D eigenvalue weighted by Crippen LogP contribution is 2.31. The highest BCUT2D eigenvalue weighted by Gasteiger charge is 2.36. The molecule has 6 nitrogen and oxygen atoms in total. The molecule has 1 heterocycles. The zero-order valence-corrected chi connectivity index (χ0v) is 18.9. The molecule has 0 spiro atoms. The number of benzene rings is 3. The van der Waals surface area contributed by atoms with E-state index in [0.717, 1.165) is 21.5 Å². The Hall–Kier alpha value is -3.85. The fourth-order valence-electron chi connectivity index (χ4n) is 3.38. The molecule has 10 heteroatoms. The van der Waals surface area contributed by atoms with E-state index in [1.165, 1.54) is 0 Å². The van der Waals surface area contributed by atoms with Crippen LogP contribution in [-0.4, -0.2) is 40.5 Å². The van der Waals surface area contributed by atoms with Crippen LogP contribution in [-0.2, 0) is 6.18 Å². The van der Waals surface area contributed by atoms with E-state index < -0.39 is 17.8 Å². The van der Waals surface area contributed by atoms with Gasteiger partial charge < -0.3 is 10.2 Å². The molecule has 4 aromatic rings. The number of alkyl halides is 3. The van der Waals surface area contributed by atoms with Crippen molar-refractivity contribution in [3.63, 3.8) is 0 Å². The van der Waals surface area contributed by atoms with Crippen LogP contribution < -0.4 is 5.32 Å². The fourth-order valence-corrected chi connectivity index (χ4v) is 3.56. The summed E-state index contributed by atoms with van der Waals surface area (Å²) in [5, 5.41) is 16.3. The summed E-state index contributed by atoms with van der Waals surface area (Å²) in [6.45, 7) is 0. The number of halogens is 4. The Bertz CT molecular complexity index is 1390. The Morgan fingerprint density at radius 3 is 2.29 bits per heavy atom. The highest BCUT2D eigenvalue weighted by atomic mass is 35.5. The number of amides is 1. The van der Waals surface area contributed by atoms with Crippen molar-refractivity contribution in [1.29, 1.82) is 5.41 Å². The Kier molecular flexibility index (Phi) is 6.05. The van der Waals surface area contributed by atoms with Crippen LogP contribution in [0.4, 0.5) is 18.9 Å². The number of anilines is 1. The molecule has 0 atom stereocenters. The second kappa shape index (κ2) is 8.83. The topological polar surface area (TPSA) is 74.0 Å². The maximum Gasteiger partial charge on any atom is 0.435 e. The summed E-state index contributed by atoms with van der Waals surface area (Å²) in [4.78, 5) is 14.6. The second-order valence-electron chi connectivity index (χ2n) is 7.77. The molecule has 0 bridgehead atoms. The highest BCUT2D eigenvalue weighted by molar-refractivity contribution is 6.31. The van der Waals surface area contributed by atoms with E-state index in [2.05, 4.69) is 10.4 Å². The van der Waals surface area contributed by atoms with Crippen LogP contribution in [0.5, 0.6) is 0 Å². The summed E-state index contributed by atoms with van der Waals surface area (Å²) >= 11 is 6.01. The van der Waals surface area contributed by atoms with Gasteiger partial charge in [0.1, 0.15) is 11.5 Å². The normalized spacial score (nSPS) is 11.5. The molecule has 0 fully saturated rings. The molecule has 1 amide bonds. The molecule has 0 aliphatic carbocycles. The first-order valence-corrected chi connectivity index (χ1v) is 10.5. The standard InChI is InChI=1S/C24H19ClF3N5O/c1-32(2)22(29)14-4-8-18(9-5-14)30-23(34)20-13-21(24(26,27)28)31-33(20)19-10-6-15-11-17(25)7-3-16(15)12-19/h3-13,29H,1-2H3,(H,30,34). The number of hydrogen-bond donors (Lipinski definition) is 2. The van der Waals surface area contributed by atoms with E-state index in [-0.39, 0.29) is 11.5 Å². The maximum absolute atomic E-state index is 13.4. The van der Waals surface area contributed by atoms with Crippen LogP contribution >= 0.6 is 11.6 Å². The average molecular weight is 486 g/mol. The molecule has 34 heavy (non-hydrogen) atoms. The lowest BCUT2D eigenvalue weighted by Crippen LogP contribution is -2.21. The number of nitrogens with zero attached hydrogens (tertiary/aromatic N) is 3. The van der Waals surface area contributed by atoms with Gasteiger partial charge in [-0.3, -0.25) is 10.2 Å². The smallest absolute Gasteiger partial charge is 0.363 e. The number of nitrogens with one attached hydrogen (secondary N) is 2. The lowest BCUT2D eigenvalue weighted by atomic mass is 10.1. The maximum atomic E-state index is 13.4. The van der Waals surface area contributed by atoms with Gasteiger partial charge in [-0.05, 0) is 59.3 Å². The largest absolute Gasteiger partial charge is 0.435 e. The predicted molar refractivity (Wildman–Crippen MR) is 126 cm³/mol. The number of carbonyl (C=O) groups is 1. The molecule has 0 aliphatic heterocycles. The van der Waals surface area contributed by atoms with Gasteiger partial charge in [-0.25, -0.2) is 4.68 Å². The Balaban J connectivity index is 1.70. The molecule has 174 valence electrons. The number of aromatic nitrogens is 2. The molecule has 1 aromatic heterocycles. The molecule has 3 aromatic carbocycles. The van der Waals surface area contributed by atoms with Crippen molar-refractivity contribution >= 4 is 39.8 Å². The number of carbonyl (C=O) groups excluding carboxylic acids is 1. The van der Waals surface area contributed by atoms with Crippen molar-refractivity contribution in [2.24, 2.45) is 0 Å². The van der Waals surface area contributed by atoms with Crippen molar-refractivity contribution in [2.45, 2.75) is 6.18 Å². The number of rotatable bonds is 4.